The number of nitrogens with zero attached hydrogens (tertiary/aromatic N) is 1. The molecule has 2 saturated heterocycles. The molecule has 0 bridgehead atoms. The van der Waals surface area contributed by atoms with E-state index in [1.807, 2.05) is 17.0 Å². The van der Waals surface area contributed by atoms with Crippen molar-refractivity contribution >= 4 is 5.91 Å². The Morgan fingerprint density at radius 2 is 1.82 bits per heavy atom. The summed E-state index contributed by atoms with van der Waals surface area (Å²) in [7, 11) is 0. The Morgan fingerprint density at radius 1 is 1.14 bits per heavy atom. The zero-order valence-electron chi connectivity index (χ0n) is 13.9. The van der Waals surface area contributed by atoms with Crippen LogP contribution in [0.15, 0.2) is 24.3 Å². The fourth-order valence-corrected chi connectivity index (χ4v) is 3.83. The van der Waals surface area contributed by atoms with Crippen LogP contribution in [0.2, 0.25) is 0 Å². The molecule has 2 aliphatic heterocycles. The van der Waals surface area contributed by atoms with Crippen LogP contribution in [0.1, 0.15) is 61.4 Å². The Balaban J connectivity index is 1.61. The molecule has 22 heavy (non-hydrogen) atoms. The van der Waals surface area contributed by atoms with Gasteiger partial charge in [0, 0.05) is 25.2 Å². The van der Waals surface area contributed by atoms with Crippen molar-refractivity contribution in [2.24, 2.45) is 5.41 Å². The van der Waals surface area contributed by atoms with Gasteiger partial charge in [-0.25, -0.2) is 0 Å². The Morgan fingerprint density at radius 3 is 2.36 bits per heavy atom. The lowest BCUT2D eigenvalue weighted by atomic mass is 9.73. The first-order chi connectivity index (χ1) is 10.6. The lowest BCUT2D eigenvalue weighted by Crippen LogP contribution is -2.49. The molecule has 0 saturated carbocycles. The number of likely N-dealkylation sites (tertiary alicyclic amines) is 1. The summed E-state index contributed by atoms with van der Waals surface area (Å²) in [5.74, 6) is 0.715. The Labute approximate surface area is 134 Å². The molecule has 3 rings (SSSR count). The minimum atomic E-state index is 0.203. The van der Waals surface area contributed by atoms with E-state index in [0.29, 0.717) is 11.3 Å². The van der Waals surface area contributed by atoms with Crippen LogP contribution in [0.25, 0.3) is 0 Å². The quantitative estimate of drug-likeness (QED) is 0.907. The summed E-state index contributed by atoms with van der Waals surface area (Å²) >= 11 is 0. The van der Waals surface area contributed by atoms with Gasteiger partial charge in [-0.15, -0.1) is 0 Å². The Bertz CT molecular complexity index is 505. The molecule has 2 heterocycles. The highest BCUT2D eigenvalue weighted by Crippen LogP contribution is 2.37. The molecule has 0 unspecified atom stereocenters. The number of hydrogen-bond acceptors (Lipinski definition) is 2. The van der Waals surface area contributed by atoms with E-state index in [4.69, 9.17) is 0 Å². The molecule has 3 nitrogen and oxygen atoms in total. The topological polar surface area (TPSA) is 32.3 Å². The van der Waals surface area contributed by atoms with Gasteiger partial charge in [0.1, 0.15) is 0 Å². The minimum absolute atomic E-state index is 0.203. The first-order valence-corrected chi connectivity index (χ1v) is 8.70. The van der Waals surface area contributed by atoms with E-state index in [9.17, 15) is 4.79 Å². The van der Waals surface area contributed by atoms with Gasteiger partial charge in [0.2, 0.25) is 0 Å². The molecule has 0 radical (unpaired) electrons. The van der Waals surface area contributed by atoms with Crippen LogP contribution < -0.4 is 5.32 Å². The van der Waals surface area contributed by atoms with Crippen molar-refractivity contribution in [1.82, 2.24) is 10.2 Å². The smallest absolute Gasteiger partial charge is 0.253 e. The third-order valence-corrected chi connectivity index (χ3v) is 5.50. The van der Waals surface area contributed by atoms with E-state index in [-0.39, 0.29) is 5.91 Å². The third-order valence-electron chi connectivity index (χ3n) is 5.50. The van der Waals surface area contributed by atoms with Crippen molar-refractivity contribution < 1.29 is 4.79 Å². The molecule has 1 spiro atoms. The minimum Gasteiger partial charge on any atom is -0.339 e. The molecule has 0 aromatic heterocycles. The Kier molecular flexibility index (Phi) is 4.53. The van der Waals surface area contributed by atoms with Crippen molar-refractivity contribution in [2.75, 3.05) is 26.2 Å². The second-order valence-corrected chi connectivity index (χ2v) is 7.35. The van der Waals surface area contributed by atoms with Crippen LogP contribution in [-0.2, 0) is 0 Å². The van der Waals surface area contributed by atoms with E-state index in [2.05, 4.69) is 31.3 Å². The van der Waals surface area contributed by atoms with Crippen LogP contribution in [0.3, 0.4) is 0 Å². The lowest BCUT2D eigenvalue weighted by Gasteiger charge is -2.44. The average Bonchev–Trinajstić information content (AvgIpc) is 2.56. The maximum Gasteiger partial charge on any atom is 0.253 e. The first-order valence-electron chi connectivity index (χ1n) is 8.70. The van der Waals surface area contributed by atoms with Crippen LogP contribution >= 0.6 is 0 Å². The summed E-state index contributed by atoms with van der Waals surface area (Å²) < 4.78 is 0. The number of carbonyl (C=O) groups excluding carboxylic acids is 1. The monoisotopic (exact) mass is 300 g/mol. The first kappa shape index (κ1) is 15.5. The molecule has 2 aliphatic rings. The van der Waals surface area contributed by atoms with E-state index in [1.54, 1.807) is 0 Å². The number of carbonyl (C=O) groups is 1. The predicted octanol–water partition coefficient (Wildman–Crippen LogP) is 3.42. The number of hydrogen-bond donors (Lipinski definition) is 1. The van der Waals surface area contributed by atoms with Crippen LogP contribution in [0, 0.1) is 5.41 Å². The van der Waals surface area contributed by atoms with Crippen molar-refractivity contribution in [3.63, 3.8) is 0 Å². The maximum absolute atomic E-state index is 12.7. The number of benzene rings is 1. The van der Waals surface area contributed by atoms with Gasteiger partial charge in [-0.05, 0) is 61.3 Å². The summed E-state index contributed by atoms with van der Waals surface area (Å²) in [5, 5.41) is 3.53. The summed E-state index contributed by atoms with van der Waals surface area (Å²) in [6.07, 6.45) is 4.90. The normalized spacial score (nSPS) is 21.3. The zero-order chi connectivity index (χ0) is 15.6. The molecule has 1 aromatic carbocycles. The van der Waals surface area contributed by atoms with Crippen molar-refractivity contribution in [1.29, 1.82) is 0 Å². The largest absolute Gasteiger partial charge is 0.339 e. The van der Waals surface area contributed by atoms with Gasteiger partial charge in [0.25, 0.3) is 5.91 Å². The molecular weight excluding hydrogens is 272 g/mol. The summed E-state index contributed by atoms with van der Waals surface area (Å²) in [4.78, 5) is 14.7. The highest BCUT2D eigenvalue weighted by atomic mass is 16.2. The predicted molar refractivity (Wildman–Crippen MR) is 90.2 cm³/mol. The van der Waals surface area contributed by atoms with Gasteiger partial charge in [-0.1, -0.05) is 26.0 Å². The summed E-state index contributed by atoms with van der Waals surface area (Å²) in [5.41, 5.74) is 2.58. The van der Waals surface area contributed by atoms with E-state index >= 15 is 0 Å². The summed E-state index contributed by atoms with van der Waals surface area (Å²) in [6.45, 7) is 8.47. The van der Waals surface area contributed by atoms with Crippen LogP contribution in [0.4, 0.5) is 0 Å². The van der Waals surface area contributed by atoms with Gasteiger partial charge in [0.15, 0.2) is 0 Å². The van der Waals surface area contributed by atoms with E-state index in [1.165, 1.54) is 18.4 Å². The molecular formula is C19H28N2O. The summed E-state index contributed by atoms with van der Waals surface area (Å²) in [6, 6.07) is 8.16. The van der Waals surface area contributed by atoms with Gasteiger partial charge < -0.3 is 10.2 Å². The molecule has 1 N–H and O–H groups in total. The van der Waals surface area contributed by atoms with Crippen LogP contribution in [-0.4, -0.2) is 37.0 Å². The molecule has 1 aromatic rings. The molecule has 120 valence electrons. The second kappa shape index (κ2) is 6.41. The Hall–Kier alpha value is -1.35. The lowest BCUT2D eigenvalue weighted by molar-refractivity contribution is 0.0513. The molecule has 0 aliphatic carbocycles. The average molecular weight is 300 g/mol. The maximum atomic E-state index is 12.7. The van der Waals surface area contributed by atoms with E-state index in [0.717, 1.165) is 44.6 Å². The number of nitrogens with one attached hydrogen (secondary N) is 1. The molecule has 1 amide bonds. The SMILES string of the molecule is CC(C)c1ccc(C(=O)N2CCC3(CCCNC3)CC2)cc1. The fourth-order valence-electron chi connectivity index (χ4n) is 3.83. The molecule has 0 atom stereocenters. The van der Waals surface area contributed by atoms with Gasteiger partial charge in [0.05, 0.1) is 0 Å². The second-order valence-electron chi connectivity index (χ2n) is 7.35. The highest BCUT2D eigenvalue weighted by Gasteiger charge is 2.36. The highest BCUT2D eigenvalue weighted by molar-refractivity contribution is 5.94. The zero-order valence-corrected chi connectivity index (χ0v) is 13.9. The van der Waals surface area contributed by atoms with Gasteiger partial charge in [-0.3, -0.25) is 4.79 Å². The standard InChI is InChI=1S/C19H28N2O/c1-15(2)16-4-6-17(7-5-16)18(22)21-12-9-19(10-13-21)8-3-11-20-14-19/h4-7,15,20H,3,8-14H2,1-2H3. The number of piperidine rings is 2. The van der Waals surface area contributed by atoms with Gasteiger partial charge in [-0.2, -0.15) is 0 Å². The fraction of sp³-hybridized carbons (Fsp3) is 0.632. The van der Waals surface area contributed by atoms with Crippen molar-refractivity contribution in [2.45, 2.75) is 45.4 Å². The third kappa shape index (κ3) is 3.19. The number of amides is 1. The molecule has 2 fully saturated rings. The van der Waals surface area contributed by atoms with Gasteiger partial charge >= 0.3 is 0 Å². The van der Waals surface area contributed by atoms with Crippen molar-refractivity contribution in [3.8, 4) is 0 Å². The molecule has 3 heteroatoms. The number of rotatable bonds is 2. The van der Waals surface area contributed by atoms with Crippen LogP contribution in [0.5, 0.6) is 0 Å². The van der Waals surface area contributed by atoms with E-state index < -0.39 is 0 Å². The van der Waals surface area contributed by atoms with Crippen molar-refractivity contribution in [3.05, 3.63) is 35.4 Å².